The molecule has 0 aromatic heterocycles. The van der Waals surface area contributed by atoms with Gasteiger partial charge in [0.1, 0.15) is 5.76 Å². The van der Waals surface area contributed by atoms with Crippen LogP contribution < -0.4 is 0 Å². The van der Waals surface area contributed by atoms with E-state index in [0.29, 0.717) is 16.9 Å². The molecule has 5 rings (SSSR count). The minimum Gasteiger partial charge on any atom is -0.422 e. The third-order valence-corrected chi connectivity index (χ3v) is 6.90. The van der Waals surface area contributed by atoms with Gasteiger partial charge in [-0.05, 0) is 67.4 Å². The third kappa shape index (κ3) is 2.51. The normalized spacial score (nSPS) is 26.9. The van der Waals surface area contributed by atoms with Crippen molar-refractivity contribution in [1.82, 2.24) is 0 Å². The van der Waals surface area contributed by atoms with Crippen LogP contribution in [0.1, 0.15) is 61.0 Å². The number of fused-ring (bicyclic) bond motifs is 2. The summed E-state index contributed by atoms with van der Waals surface area (Å²) in [5.41, 5.74) is 5.78. The van der Waals surface area contributed by atoms with Gasteiger partial charge in [-0.1, -0.05) is 61.4 Å². The maximum atomic E-state index is 12.8. The van der Waals surface area contributed by atoms with Gasteiger partial charge in [0.25, 0.3) is 0 Å². The number of carbonyl (C=O) groups is 1. The molecule has 2 heteroatoms. The standard InChI is InChI=1S/C26H26O2/c1-17(2)24(28-25(27)18-10-4-3-5-11-18)20-16-23-22-14-8-9-15-26(22,23)21-13-7-6-12-19(20)21/h3-7,10-13,16,22-23H,8-9,14-15H2,1-2H3. The smallest absolute Gasteiger partial charge is 0.343 e. The van der Waals surface area contributed by atoms with Crippen LogP contribution in [0.15, 0.2) is 72.0 Å². The molecule has 0 aliphatic heterocycles. The summed E-state index contributed by atoms with van der Waals surface area (Å²) in [5.74, 6) is 1.77. The average molecular weight is 370 g/mol. The summed E-state index contributed by atoms with van der Waals surface area (Å²) < 4.78 is 5.98. The Morgan fingerprint density at radius 1 is 1.00 bits per heavy atom. The van der Waals surface area contributed by atoms with E-state index in [9.17, 15) is 4.79 Å². The molecule has 3 aliphatic carbocycles. The fraction of sp³-hybridized carbons (Fsp3) is 0.346. The van der Waals surface area contributed by atoms with E-state index < -0.39 is 0 Å². The van der Waals surface area contributed by atoms with Crippen molar-refractivity contribution in [3.63, 3.8) is 0 Å². The number of esters is 1. The SMILES string of the molecule is CC(C)=C(OC(=O)c1ccccc1)C1=CC2C3CCCCC23c2ccccc21. The summed E-state index contributed by atoms with van der Waals surface area (Å²) in [6.45, 7) is 4.06. The van der Waals surface area contributed by atoms with Crippen LogP contribution in [0.3, 0.4) is 0 Å². The lowest BCUT2D eigenvalue weighted by molar-refractivity contribution is 0.0637. The largest absolute Gasteiger partial charge is 0.422 e. The van der Waals surface area contributed by atoms with Crippen molar-refractivity contribution >= 4 is 11.5 Å². The van der Waals surface area contributed by atoms with E-state index in [4.69, 9.17) is 4.74 Å². The number of carbonyl (C=O) groups excluding carboxylic acids is 1. The first-order valence-electron chi connectivity index (χ1n) is 10.4. The molecule has 2 aromatic rings. The molecule has 3 unspecified atom stereocenters. The maximum Gasteiger partial charge on any atom is 0.343 e. The van der Waals surface area contributed by atoms with Gasteiger partial charge in [-0.25, -0.2) is 4.79 Å². The first kappa shape index (κ1) is 17.5. The Morgan fingerprint density at radius 2 is 1.75 bits per heavy atom. The first-order valence-corrected chi connectivity index (χ1v) is 10.4. The zero-order valence-electron chi connectivity index (χ0n) is 16.6. The van der Waals surface area contributed by atoms with E-state index in [1.165, 1.54) is 36.8 Å². The lowest BCUT2D eigenvalue weighted by Gasteiger charge is -2.29. The van der Waals surface area contributed by atoms with Crippen molar-refractivity contribution in [2.45, 2.75) is 44.9 Å². The van der Waals surface area contributed by atoms with Gasteiger partial charge in [0.15, 0.2) is 0 Å². The molecule has 0 bridgehead atoms. The van der Waals surface area contributed by atoms with Crippen molar-refractivity contribution in [3.8, 4) is 0 Å². The second kappa shape index (κ2) is 6.48. The summed E-state index contributed by atoms with van der Waals surface area (Å²) in [4.78, 5) is 12.8. The van der Waals surface area contributed by atoms with Crippen LogP contribution in [0.5, 0.6) is 0 Å². The van der Waals surface area contributed by atoms with Crippen molar-refractivity contribution in [1.29, 1.82) is 0 Å². The van der Waals surface area contributed by atoms with Crippen molar-refractivity contribution in [3.05, 3.63) is 88.7 Å². The predicted molar refractivity (Wildman–Crippen MR) is 112 cm³/mol. The van der Waals surface area contributed by atoms with Crippen LogP contribution in [-0.4, -0.2) is 5.97 Å². The van der Waals surface area contributed by atoms with Gasteiger partial charge in [-0.2, -0.15) is 0 Å². The Labute approximate surface area is 166 Å². The number of rotatable bonds is 3. The van der Waals surface area contributed by atoms with Gasteiger partial charge in [-0.15, -0.1) is 0 Å². The van der Waals surface area contributed by atoms with Crippen LogP contribution in [-0.2, 0) is 10.2 Å². The minimum atomic E-state index is -0.288. The molecule has 2 saturated carbocycles. The molecule has 3 atom stereocenters. The Bertz CT molecular complexity index is 994. The van der Waals surface area contributed by atoms with Gasteiger partial charge < -0.3 is 4.74 Å². The topological polar surface area (TPSA) is 26.3 Å². The monoisotopic (exact) mass is 370 g/mol. The van der Waals surface area contributed by atoms with E-state index in [2.05, 4.69) is 30.3 Å². The Morgan fingerprint density at radius 3 is 2.54 bits per heavy atom. The lowest BCUT2D eigenvalue weighted by atomic mass is 9.76. The van der Waals surface area contributed by atoms with Crippen LogP contribution in [0.4, 0.5) is 0 Å². The maximum absolute atomic E-state index is 12.8. The summed E-state index contributed by atoms with van der Waals surface area (Å²) in [7, 11) is 0. The number of hydrogen-bond acceptors (Lipinski definition) is 2. The fourth-order valence-corrected chi connectivity index (χ4v) is 5.64. The summed E-state index contributed by atoms with van der Waals surface area (Å²) in [6, 6.07) is 18.0. The molecule has 0 saturated heterocycles. The Kier molecular flexibility index (Phi) is 4.04. The molecule has 1 spiro atoms. The highest BCUT2D eigenvalue weighted by molar-refractivity contribution is 5.93. The molecular formula is C26H26O2. The second-order valence-electron chi connectivity index (χ2n) is 8.63. The van der Waals surface area contributed by atoms with E-state index in [-0.39, 0.29) is 5.97 Å². The van der Waals surface area contributed by atoms with Crippen LogP contribution in [0.2, 0.25) is 0 Å². The zero-order valence-corrected chi connectivity index (χ0v) is 16.6. The van der Waals surface area contributed by atoms with Crippen LogP contribution >= 0.6 is 0 Å². The molecule has 0 N–H and O–H groups in total. The molecule has 0 amide bonds. The molecule has 2 nitrogen and oxygen atoms in total. The predicted octanol–water partition coefficient (Wildman–Crippen LogP) is 6.29. The van der Waals surface area contributed by atoms with Gasteiger partial charge in [0.05, 0.1) is 5.56 Å². The van der Waals surface area contributed by atoms with Gasteiger partial charge in [0, 0.05) is 11.0 Å². The van der Waals surface area contributed by atoms with Crippen molar-refractivity contribution < 1.29 is 9.53 Å². The molecule has 0 heterocycles. The molecule has 28 heavy (non-hydrogen) atoms. The van der Waals surface area contributed by atoms with Crippen LogP contribution in [0, 0.1) is 11.8 Å². The van der Waals surface area contributed by atoms with E-state index in [1.807, 2.05) is 32.0 Å². The Balaban J connectivity index is 1.56. The summed E-state index contributed by atoms with van der Waals surface area (Å²) in [5, 5.41) is 0. The quantitative estimate of drug-likeness (QED) is 0.469. The average Bonchev–Trinajstić information content (AvgIpc) is 3.41. The summed E-state index contributed by atoms with van der Waals surface area (Å²) in [6.07, 6.45) is 7.68. The second-order valence-corrected chi connectivity index (χ2v) is 8.63. The highest BCUT2D eigenvalue weighted by atomic mass is 16.5. The van der Waals surface area contributed by atoms with Gasteiger partial charge in [0.2, 0.25) is 0 Å². The first-order chi connectivity index (χ1) is 13.6. The molecule has 0 radical (unpaired) electrons. The third-order valence-electron chi connectivity index (χ3n) is 6.90. The molecule has 2 fully saturated rings. The van der Waals surface area contributed by atoms with Crippen molar-refractivity contribution in [2.24, 2.45) is 11.8 Å². The number of allylic oxidation sites excluding steroid dienone is 3. The molecule has 2 aromatic carbocycles. The van der Waals surface area contributed by atoms with E-state index in [0.717, 1.165) is 22.8 Å². The number of benzene rings is 2. The van der Waals surface area contributed by atoms with Crippen molar-refractivity contribution in [2.75, 3.05) is 0 Å². The minimum absolute atomic E-state index is 0.288. The Hall–Kier alpha value is -2.61. The van der Waals surface area contributed by atoms with Gasteiger partial charge in [-0.3, -0.25) is 0 Å². The van der Waals surface area contributed by atoms with Gasteiger partial charge >= 0.3 is 5.97 Å². The highest BCUT2D eigenvalue weighted by Gasteiger charge is 2.66. The lowest BCUT2D eigenvalue weighted by Crippen LogP contribution is -2.20. The molecule has 142 valence electrons. The highest BCUT2D eigenvalue weighted by Crippen LogP contribution is 2.71. The fourth-order valence-electron chi connectivity index (χ4n) is 5.64. The number of hydrogen-bond donors (Lipinski definition) is 0. The molecular weight excluding hydrogens is 344 g/mol. The van der Waals surface area contributed by atoms with E-state index in [1.54, 1.807) is 12.1 Å². The molecule has 3 aliphatic rings. The zero-order chi connectivity index (χ0) is 19.3. The van der Waals surface area contributed by atoms with Crippen LogP contribution in [0.25, 0.3) is 5.57 Å². The number of ether oxygens (including phenoxy) is 1. The summed E-state index contributed by atoms with van der Waals surface area (Å²) >= 11 is 0. The van der Waals surface area contributed by atoms with E-state index >= 15 is 0 Å².